The van der Waals surface area contributed by atoms with Crippen LogP contribution >= 0.6 is 27.5 Å². The van der Waals surface area contributed by atoms with E-state index in [-0.39, 0.29) is 17.5 Å². The van der Waals surface area contributed by atoms with Crippen LogP contribution in [0, 0.1) is 0 Å². The monoisotopic (exact) mass is 416 g/mol. The summed E-state index contributed by atoms with van der Waals surface area (Å²) in [5, 5.41) is -0.0571. The number of ether oxygens (including phenoxy) is 1. The average molecular weight is 418 g/mol. The molecule has 1 aliphatic rings. The molecule has 0 aliphatic carbocycles. The van der Waals surface area contributed by atoms with Crippen LogP contribution in [0.5, 0.6) is 0 Å². The molecule has 1 heterocycles. The zero-order valence-corrected chi connectivity index (χ0v) is 17.1. The second-order valence-corrected chi connectivity index (χ2v) is 8.74. The van der Waals surface area contributed by atoms with Crippen molar-refractivity contribution in [3.8, 4) is 0 Å². The van der Waals surface area contributed by atoms with Gasteiger partial charge in [0.05, 0.1) is 5.38 Å². The zero-order valence-electron chi connectivity index (χ0n) is 14.8. The molecule has 1 aromatic rings. The second kappa shape index (κ2) is 8.07. The lowest BCUT2D eigenvalue weighted by Crippen LogP contribution is -2.55. The van der Waals surface area contributed by atoms with E-state index in [1.807, 2.05) is 49.9 Å². The number of nitrogens with zero attached hydrogens (tertiary/aromatic N) is 2. The van der Waals surface area contributed by atoms with Crippen molar-refractivity contribution in [3.05, 3.63) is 34.3 Å². The number of rotatable bonds is 3. The van der Waals surface area contributed by atoms with Gasteiger partial charge in [0.25, 0.3) is 0 Å². The van der Waals surface area contributed by atoms with Gasteiger partial charge in [0.15, 0.2) is 0 Å². The Bertz CT molecular complexity index is 559. The van der Waals surface area contributed by atoms with Crippen molar-refractivity contribution in [2.45, 2.75) is 44.7 Å². The Hall–Kier alpha value is -0.780. The summed E-state index contributed by atoms with van der Waals surface area (Å²) in [7, 11) is 0. The Balaban J connectivity index is 1.88. The van der Waals surface area contributed by atoms with E-state index in [9.17, 15) is 4.79 Å². The summed E-state index contributed by atoms with van der Waals surface area (Å²) in [4.78, 5) is 16.4. The van der Waals surface area contributed by atoms with E-state index in [2.05, 4.69) is 27.8 Å². The largest absolute Gasteiger partial charge is 0.444 e. The van der Waals surface area contributed by atoms with Crippen LogP contribution in [0.1, 0.15) is 38.6 Å². The fraction of sp³-hybridized carbons (Fsp3) is 0.611. The van der Waals surface area contributed by atoms with Crippen LogP contribution in [0.15, 0.2) is 28.7 Å². The highest BCUT2D eigenvalue weighted by Crippen LogP contribution is 2.25. The number of carbonyl (C=O) groups excluding carboxylic acids is 1. The predicted octanol–water partition coefficient (Wildman–Crippen LogP) is 4.67. The first-order valence-electron chi connectivity index (χ1n) is 8.27. The Morgan fingerprint density at radius 2 is 1.96 bits per heavy atom. The molecule has 0 radical (unpaired) electrons. The summed E-state index contributed by atoms with van der Waals surface area (Å²) in [6, 6.07) is 8.22. The van der Waals surface area contributed by atoms with Crippen LogP contribution < -0.4 is 0 Å². The van der Waals surface area contributed by atoms with Crippen molar-refractivity contribution in [2.24, 2.45) is 0 Å². The molecule has 1 amide bonds. The van der Waals surface area contributed by atoms with Crippen molar-refractivity contribution in [1.29, 1.82) is 0 Å². The number of alkyl halides is 1. The van der Waals surface area contributed by atoms with Gasteiger partial charge in [-0.2, -0.15) is 0 Å². The van der Waals surface area contributed by atoms with Gasteiger partial charge < -0.3 is 9.64 Å². The van der Waals surface area contributed by atoms with Gasteiger partial charge in [-0.15, -0.1) is 11.6 Å². The zero-order chi connectivity index (χ0) is 17.9. The van der Waals surface area contributed by atoms with Crippen molar-refractivity contribution < 1.29 is 9.53 Å². The highest BCUT2D eigenvalue weighted by atomic mass is 79.9. The number of piperazine rings is 1. The first kappa shape index (κ1) is 19.5. The Labute approximate surface area is 158 Å². The fourth-order valence-electron chi connectivity index (χ4n) is 2.79. The molecule has 0 aromatic heterocycles. The van der Waals surface area contributed by atoms with E-state index >= 15 is 0 Å². The number of hydrogen-bond acceptors (Lipinski definition) is 3. The number of halogens is 2. The lowest BCUT2D eigenvalue weighted by atomic mass is 10.1. The van der Waals surface area contributed by atoms with Crippen molar-refractivity contribution in [3.63, 3.8) is 0 Å². The third kappa shape index (κ3) is 5.64. The van der Waals surface area contributed by atoms with E-state index in [0.29, 0.717) is 6.54 Å². The maximum Gasteiger partial charge on any atom is 0.410 e. The molecule has 2 rings (SSSR count). The molecular formula is C18H26BrClN2O2. The van der Waals surface area contributed by atoms with E-state index in [1.165, 1.54) is 0 Å². The van der Waals surface area contributed by atoms with Gasteiger partial charge in [-0.3, -0.25) is 4.90 Å². The van der Waals surface area contributed by atoms with Crippen molar-refractivity contribution >= 4 is 33.6 Å². The summed E-state index contributed by atoms with van der Waals surface area (Å²) in [6.07, 6.45) is -0.231. The summed E-state index contributed by atoms with van der Waals surface area (Å²) >= 11 is 10.0. The third-order valence-corrected chi connectivity index (χ3v) is 4.91. The second-order valence-electron chi connectivity index (χ2n) is 7.30. The molecule has 1 fully saturated rings. The summed E-state index contributed by atoms with van der Waals surface area (Å²) < 4.78 is 6.53. The maximum absolute atomic E-state index is 12.3. The van der Waals surface area contributed by atoms with Crippen LogP contribution in [-0.2, 0) is 4.74 Å². The highest BCUT2D eigenvalue weighted by molar-refractivity contribution is 9.10. The summed E-state index contributed by atoms with van der Waals surface area (Å²) in [6.45, 7) is 10.8. The Kier molecular flexibility index (Phi) is 6.57. The quantitative estimate of drug-likeness (QED) is 0.670. The van der Waals surface area contributed by atoms with Crippen molar-refractivity contribution in [2.75, 3.05) is 26.2 Å². The van der Waals surface area contributed by atoms with Crippen LogP contribution in [0.3, 0.4) is 0 Å². The van der Waals surface area contributed by atoms with Crippen LogP contribution in [-0.4, -0.2) is 53.7 Å². The Morgan fingerprint density at radius 1 is 1.33 bits per heavy atom. The highest BCUT2D eigenvalue weighted by Gasteiger charge is 2.31. The molecule has 0 bridgehead atoms. The van der Waals surface area contributed by atoms with E-state index in [0.717, 1.165) is 29.7 Å². The lowest BCUT2D eigenvalue weighted by molar-refractivity contribution is 0.00151. The molecule has 0 spiro atoms. The number of amides is 1. The molecule has 2 atom stereocenters. The molecule has 1 saturated heterocycles. The maximum atomic E-state index is 12.3. The fourth-order valence-corrected chi connectivity index (χ4v) is 3.40. The molecule has 0 saturated carbocycles. The molecular weight excluding hydrogens is 392 g/mol. The number of carbonyl (C=O) groups is 1. The topological polar surface area (TPSA) is 32.8 Å². The third-order valence-electron chi connectivity index (χ3n) is 3.99. The minimum atomic E-state index is -0.462. The molecule has 4 nitrogen and oxygen atoms in total. The standard InChI is InChI=1S/C18H26BrClN2O2/c1-13-11-21(9-10-22(13)17(23)24-18(2,3)4)12-16(20)14-5-7-15(19)8-6-14/h5-8,13,16H,9-12H2,1-4H3/t13-,16?/m1/s1. The van der Waals surface area contributed by atoms with E-state index in [1.54, 1.807) is 0 Å². The number of benzene rings is 1. The van der Waals surface area contributed by atoms with Gasteiger partial charge in [-0.1, -0.05) is 28.1 Å². The SMILES string of the molecule is C[C@@H]1CN(CC(Cl)c2ccc(Br)cc2)CCN1C(=O)OC(C)(C)C. The van der Waals surface area contributed by atoms with Gasteiger partial charge in [0.1, 0.15) is 5.60 Å². The predicted molar refractivity (Wildman–Crippen MR) is 102 cm³/mol. The first-order chi connectivity index (χ1) is 11.2. The average Bonchev–Trinajstić information content (AvgIpc) is 2.46. The molecule has 0 N–H and O–H groups in total. The molecule has 1 aliphatic heterocycles. The minimum absolute atomic E-state index is 0.0571. The molecule has 1 aromatic carbocycles. The van der Waals surface area contributed by atoms with Gasteiger partial charge in [0, 0.05) is 36.7 Å². The smallest absolute Gasteiger partial charge is 0.410 e. The molecule has 6 heteroatoms. The Morgan fingerprint density at radius 3 is 2.50 bits per heavy atom. The van der Waals surface area contributed by atoms with Gasteiger partial charge in [0.2, 0.25) is 0 Å². The summed E-state index contributed by atoms with van der Waals surface area (Å²) in [5.74, 6) is 0. The van der Waals surface area contributed by atoms with Gasteiger partial charge >= 0.3 is 6.09 Å². The lowest BCUT2D eigenvalue weighted by Gasteiger charge is -2.40. The first-order valence-corrected chi connectivity index (χ1v) is 9.50. The summed E-state index contributed by atoms with van der Waals surface area (Å²) in [5.41, 5.74) is 0.651. The van der Waals surface area contributed by atoms with Crippen LogP contribution in [0.25, 0.3) is 0 Å². The van der Waals surface area contributed by atoms with Gasteiger partial charge in [-0.05, 0) is 45.4 Å². The van der Waals surface area contributed by atoms with E-state index in [4.69, 9.17) is 16.3 Å². The molecule has 24 heavy (non-hydrogen) atoms. The molecule has 134 valence electrons. The minimum Gasteiger partial charge on any atom is -0.444 e. The van der Waals surface area contributed by atoms with Crippen LogP contribution in [0.2, 0.25) is 0 Å². The van der Waals surface area contributed by atoms with Gasteiger partial charge in [-0.25, -0.2) is 4.79 Å². The van der Waals surface area contributed by atoms with E-state index < -0.39 is 5.60 Å². The molecule has 1 unspecified atom stereocenters. The van der Waals surface area contributed by atoms with Crippen LogP contribution in [0.4, 0.5) is 4.79 Å². The normalized spacial score (nSPS) is 20.8. The van der Waals surface area contributed by atoms with Crippen molar-refractivity contribution in [1.82, 2.24) is 9.80 Å². The number of hydrogen-bond donors (Lipinski definition) is 0.